The average Bonchev–Trinajstić information content (AvgIpc) is 2.91. The standard InChI is InChI=1S/C17H26N4O2/c1-2-8-21-15-7-6-14(17(21)23)11-20(12-15)16(22)5-3-4-13-9-18-19-10-13/h9-10,14-15H,2-8,11-12H2,1H3,(H,18,19)/t14-,15+/m0/s1. The van der Waals surface area contributed by atoms with E-state index in [4.69, 9.17) is 0 Å². The number of carbonyl (C=O) groups excluding carboxylic acids is 2. The van der Waals surface area contributed by atoms with Gasteiger partial charge in [-0.2, -0.15) is 5.10 Å². The molecule has 2 bridgehead atoms. The number of piperidine rings is 1. The van der Waals surface area contributed by atoms with E-state index in [2.05, 4.69) is 17.1 Å². The third-order valence-electron chi connectivity index (χ3n) is 5.02. The highest BCUT2D eigenvalue weighted by atomic mass is 16.2. The van der Waals surface area contributed by atoms with Crippen LogP contribution in [0.25, 0.3) is 0 Å². The number of amides is 2. The van der Waals surface area contributed by atoms with Crippen LogP contribution in [0.2, 0.25) is 0 Å². The van der Waals surface area contributed by atoms with Crippen molar-refractivity contribution in [2.24, 2.45) is 5.92 Å². The van der Waals surface area contributed by atoms with Crippen LogP contribution < -0.4 is 0 Å². The van der Waals surface area contributed by atoms with E-state index in [0.29, 0.717) is 19.5 Å². The van der Waals surface area contributed by atoms with Gasteiger partial charge in [0.05, 0.1) is 12.1 Å². The maximum atomic E-state index is 12.5. The van der Waals surface area contributed by atoms with E-state index in [9.17, 15) is 9.59 Å². The van der Waals surface area contributed by atoms with Crippen molar-refractivity contribution in [3.63, 3.8) is 0 Å². The van der Waals surface area contributed by atoms with Crippen LogP contribution >= 0.6 is 0 Å². The largest absolute Gasteiger partial charge is 0.340 e. The van der Waals surface area contributed by atoms with Gasteiger partial charge >= 0.3 is 0 Å². The summed E-state index contributed by atoms with van der Waals surface area (Å²) in [5, 5.41) is 6.71. The molecule has 4 rings (SSSR count). The Labute approximate surface area is 137 Å². The highest BCUT2D eigenvalue weighted by molar-refractivity contribution is 5.83. The molecule has 0 aliphatic carbocycles. The van der Waals surface area contributed by atoms with Gasteiger partial charge in [-0.15, -0.1) is 0 Å². The monoisotopic (exact) mass is 318 g/mol. The summed E-state index contributed by atoms with van der Waals surface area (Å²) in [6, 6.07) is 0.221. The first kappa shape index (κ1) is 16.0. The molecule has 23 heavy (non-hydrogen) atoms. The molecule has 0 aromatic carbocycles. The molecule has 4 heterocycles. The molecule has 0 unspecified atom stereocenters. The summed E-state index contributed by atoms with van der Waals surface area (Å²) in [4.78, 5) is 29.0. The number of aryl methyl sites for hydroxylation is 1. The minimum Gasteiger partial charge on any atom is -0.340 e. The number of carbonyl (C=O) groups is 2. The van der Waals surface area contributed by atoms with Crippen LogP contribution in [0.1, 0.15) is 44.6 Å². The molecule has 3 aliphatic rings. The van der Waals surface area contributed by atoms with Gasteiger partial charge in [-0.3, -0.25) is 14.7 Å². The number of aromatic nitrogens is 2. The third-order valence-corrected chi connectivity index (χ3v) is 5.02. The van der Waals surface area contributed by atoms with Crippen LogP contribution in [-0.2, 0) is 16.0 Å². The zero-order valence-electron chi connectivity index (χ0n) is 13.8. The Morgan fingerprint density at radius 3 is 3.00 bits per heavy atom. The molecular weight excluding hydrogens is 292 g/mol. The molecule has 1 aromatic heterocycles. The van der Waals surface area contributed by atoms with Crippen LogP contribution in [0.15, 0.2) is 12.4 Å². The highest BCUT2D eigenvalue weighted by Gasteiger charge is 2.41. The minimum absolute atomic E-state index is 0.0122. The van der Waals surface area contributed by atoms with Gasteiger partial charge in [0.15, 0.2) is 0 Å². The van der Waals surface area contributed by atoms with Crippen LogP contribution in [0.5, 0.6) is 0 Å². The number of aromatic amines is 1. The molecule has 2 amide bonds. The number of hydrogen-bond donors (Lipinski definition) is 1. The number of hydrogen-bond acceptors (Lipinski definition) is 3. The molecule has 3 aliphatic heterocycles. The molecule has 0 radical (unpaired) electrons. The van der Waals surface area contributed by atoms with E-state index in [1.807, 2.05) is 16.0 Å². The first-order valence-corrected chi connectivity index (χ1v) is 8.75. The van der Waals surface area contributed by atoms with Crippen molar-refractivity contribution in [2.75, 3.05) is 19.6 Å². The van der Waals surface area contributed by atoms with Gasteiger partial charge in [0.25, 0.3) is 0 Å². The van der Waals surface area contributed by atoms with E-state index in [1.54, 1.807) is 6.20 Å². The van der Waals surface area contributed by atoms with E-state index in [1.165, 1.54) is 0 Å². The number of nitrogens with zero attached hydrogens (tertiary/aromatic N) is 3. The lowest BCUT2D eigenvalue weighted by Crippen LogP contribution is -2.48. The Kier molecular flexibility index (Phi) is 4.98. The second kappa shape index (κ2) is 7.15. The summed E-state index contributed by atoms with van der Waals surface area (Å²) >= 11 is 0. The topological polar surface area (TPSA) is 69.3 Å². The summed E-state index contributed by atoms with van der Waals surface area (Å²) < 4.78 is 0. The molecule has 1 aromatic rings. The Balaban J connectivity index is 1.56. The van der Waals surface area contributed by atoms with Gasteiger partial charge in [-0.1, -0.05) is 6.92 Å². The molecule has 2 atom stereocenters. The lowest BCUT2D eigenvalue weighted by Gasteiger charge is -2.35. The molecule has 0 saturated carbocycles. The van der Waals surface area contributed by atoms with Crippen LogP contribution in [0, 0.1) is 5.92 Å². The van der Waals surface area contributed by atoms with Crippen molar-refractivity contribution < 1.29 is 9.59 Å². The maximum absolute atomic E-state index is 12.5. The smallest absolute Gasteiger partial charge is 0.227 e. The lowest BCUT2D eigenvalue weighted by atomic mass is 9.94. The maximum Gasteiger partial charge on any atom is 0.227 e. The first-order valence-electron chi connectivity index (χ1n) is 8.75. The van der Waals surface area contributed by atoms with Gasteiger partial charge in [0.2, 0.25) is 11.8 Å². The zero-order chi connectivity index (χ0) is 16.2. The molecule has 1 N–H and O–H groups in total. The van der Waals surface area contributed by atoms with Gasteiger partial charge in [-0.25, -0.2) is 0 Å². The third kappa shape index (κ3) is 3.57. The Hall–Kier alpha value is -1.85. The Morgan fingerprint density at radius 2 is 2.26 bits per heavy atom. The molecular formula is C17H26N4O2. The molecule has 6 nitrogen and oxygen atoms in total. The van der Waals surface area contributed by atoms with Crippen LogP contribution in [-0.4, -0.2) is 57.5 Å². The SMILES string of the molecule is CCCN1C(=O)[C@H]2CC[C@@H]1CN(C(=O)CCCc1cn[nH]c1)C2. The van der Waals surface area contributed by atoms with Crippen molar-refractivity contribution in [1.82, 2.24) is 20.0 Å². The quantitative estimate of drug-likeness (QED) is 0.866. The molecule has 3 fully saturated rings. The highest BCUT2D eigenvalue weighted by Crippen LogP contribution is 2.29. The summed E-state index contributed by atoms with van der Waals surface area (Å²) in [5.74, 6) is 0.464. The van der Waals surface area contributed by atoms with Gasteiger partial charge in [-0.05, 0) is 37.7 Å². The van der Waals surface area contributed by atoms with Crippen molar-refractivity contribution >= 4 is 11.8 Å². The molecule has 126 valence electrons. The van der Waals surface area contributed by atoms with E-state index < -0.39 is 0 Å². The van der Waals surface area contributed by atoms with Crippen LogP contribution in [0.4, 0.5) is 0 Å². The fraction of sp³-hybridized carbons (Fsp3) is 0.706. The lowest BCUT2D eigenvalue weighted by molar-refractivity contribution is -0.139. The van der Waals surface area contributed by atoms with E-state index >= 15 is 0 Å². The number of rotatable bonds is 6. The van der Waals surface area contributed by atoms with Crippen molar-refractivity contribution in [3.8, 4) is 0 Å². The molecule has 6 heteroatoms. The molecule has 0 spiro atoms. The zero-order valence-corrected chi connectivity index (χ0v) is 13.8. The van der Waals surface area contributed by atoms with Gasteiger partial charge in [0.1, 0.15) is 0 Å². The fourth-order valence-corrected chi connectivity index (χ4v) is 3.80. The van der Waals surface area contributed by atoms with Crippen molar-refractivity contribution in [3.05, 3.63) is 18.0 Å². The van der Waals surface area contributed by atoms with Gasteiger partial charge < -0.3 is 9.80 Å². The van der Waals surface area contributed by atoms with Crippen LogP contribution in [0.3, 0.4) is 0 Å². The second-order valence-corrected chi connectivity index (χ2v) is 6.72. The Morgan fingerprint density at radius 1 is 1.39 bits per heavy atom. The predicted molar refractivity (Wildman–Crippen MR) is 86.6 cm³/mol. The Bertz CT molecular complexity index is 543. The minimum atomic E-state index is 0.0122. The summed E-state index contributed by atoms with van der Waals surface area (Å²) in [6.45, 7) is 4.25. The van der Waals surface area contributed by atoms with E-state index in [0.717, 1.165) is 44.2 Å². The number of H-pyrrole nitrogens is 1. The number of fused-ring (bicyclic) bond motifs is 4. The molecule has 3 saturated heterocycles. The summed E-state index contributed by atoms with van der Waals surface area (Å²) in [7, 11) is 0. The summed E-state index contributed by atoms with van der Waals surface area (Å²) in [6.07, 6.45) is 8.87. The number of nitrogens with one attached hydrogen (secondary N) is 1. The first-order chi connectivity index (χ1) is 11.2. The predicted octanol–water partition coefficient (Wildman–Crippen LogP) is 1.59. The van der Waals surface area contributed by atoms with Gasteiger partial charge in [0, 0.05) is 38.3 Å². The normalized spacial score (nSPS) is 24.1. The fourth-order valence-electron chi connectivity index (χ4n) is 3.80. The van der Waals surface area contributed by atoms with Crippen molar-refractivity contribution in [2.45, 2.75) is 51.5 Å². The average molecular weight is 318 g/mol. The second-order valence-electron chi connectivity index (χ2n) is 6.72. The van der Waals surface area contributed by atoms with Crippen molar-refractivity contribution in [1.29, 1.82) is 0 Å². The van der Waals surface area contributed by atoms with E-state index in [-0.39, 0.29) is 23.8 Å². The summed E-state index contributed by atoms with van der Waals surface area (Å²) in [5.41, 5.74) is 1.14.